The fraction of sp³-hybridized carbons (Fsp3) is 0.846. The second-order valence-corrected chi connectivity index (χ2v) is 5.05. The second kappa shape index (κ2) is 9.54. The number of likely N-dealkylation sites (N-methyl/N-ethyl adjacent to an activating group) is 1. The zero-order chi connectivity index (χ0) is 15.7. The fourth-order valence-corrected chi connectivity index (χ4v) is 2.11. The van der Waals surface area contributed by atoms with Crippen molar-refractivity contribution in [3.63, 3.8) is 0 Å². The lowest BCUT2D eigenvalue weighted by molar-refractivity contribution is -0.139. The van der Waals surface area contributed by atoms with Crippen molar-refractivity contribution in [2.45, 2.75) is 12.5 Å². The number of amides is 2. The molecule has 0 aromatic rings. The first-order valence-corrected chi connectivity index (χ1v) is 7.06. The number of carbonyl (C=O) groups is 2. The Bertz CT molecular complexity index is 340. The molecule has 0 aromatic carbocycles. The molecule has 0 bridgehead atoms. The third-order valence-corrected chi connectivity index (χ3v) is 3.35. The van der Waals surface area contributed by atoms with E-state index in [0.717, 1.165) is 6.54 Å². The molecule has 0 saturated carbocycles. The molecular formula is C13H25N3O5. The summed E-state index contributed by atoms with van der Waals surface area (Å²) in [5.74, 6) is -0.928. The molecule has 0 spiro atoms. The Hall–Kier alpha value is -1.38. The number of carboxylic acids is 1. The topological polar surface area (TPSA) is 91.3 Å². The number of carbonyl (C=O) groups excluding carboxylic acids is 1. The number of hydrogen-bond donors (Lipinski definition) is 2. The van der Waals surface area contributed by atoms with E-state index in [4.69, 9.17) is 14.6 Å². The van der Waals surface area contributed by atoms with Crippen LogP contribution in [0.15, 0.2) is 0 Å². The van der Waals surface area contributed by atoms with Gasteiger partial charge in [-0.15, -0.1) is 0 Å². The van der Waals surface area contributed by atoms with Crippen molar-refractivity contribution >= 4 is 12.0 Å². The summed E-state index contributed by atoms with van der Waals surface area (Å²) in [7, 11) is 3.60. The number of urea groups is 1. The molecule has 8 nitrogen and oxygen atoms in total. The lowest BCUT2D eigenvalue weighted by atomic mass is 10.1. The SMILES string of the molecule is COCCN(C)CCNC(=O)N1CCOCC1CC(=O)O. The van der Waals surface area contributed by atoms with Gasteiger partial charge in [0.05, 0.1) is 32.3 Å². The summed E-state index contributed by atoms with van der Waals surface area (Å²) in [6, 6.07) is -0.632. The van der Waals surface area contributed by atoms with Crippen molar-refractivity contribution in [2.24, 2.45) is 0 Å². The molecule has 1 unspecified atom stereocenters. The predicted octanol–water partition coefficient (Wildman–Crippen LogP) is -0.550. The van der Waals surface area contributed by atoms with Crippen molar-refractivity contribution < 1.29 is 24.2 Å². The molecule has 1 aliphatic heterocycles. The molecule has 8 heteroatoms. The standard InChI is InChI=1S/C13H25N3O5/c1-15(5-7-20-2)4-3-14-13(19)16-6-8-21-10-11(16)9-12(17)18/h11H,3-10H2,1-2H3,(H,14,19)(H,17,18). The van der Waals surface area contributed by atoms with Gasteiger partial charge in [0.1, 0.15) is 0 Å². The van der Waals surface area contributed by atoms with Gasteiger partial charge in [-0.05, 0) is 7.05 Å². The number of carboxylic acid groups (broad SMARTS) is 1. The maximum absolute atomic E-state index is 12.1. The summed E-state index contributed by atoms with van der Waals surface area (Å²) in [6.45, 7) is 3.80. The minimum Gasteiger partial charge on any atom is -0.481 e. The minimum atomic E-state index is -0.928. The molecule has 122 valence electrons. The molecular weight excluding hydrogens is 278 g/mol. The van der Waals surface area contributed by atoms with Gasteiger partial charge < -0.3 is 29.7 Å². The van der Waals surface area contributed by atoms with Crippen molar-refractivity contribution in [1.29, 1.82) is 0 Å². The van der Waals surface area contributed by atoms with E-state index in [0.29, 0.717) is 32.8 Å². The molecule has 2 N–H and O–H groups in total. The van der Waals surface area contributed by atoms with E-state index in [9.17, 15) is 9.59 Å². The van der Waals surface area contributed by atoms with Crippen LogP contribution in [0.1, 0.15) is 6.42 Å². The second-order valence-electron chi connectivity index (χ2n) is 5.05. The minimum absolute atomic E-state index is 0.0961. The number of rotatable bonds is 8. The first-order valence-electron chi connectivity index (χ1n) is 7.06. The summed E-state index contributed by atoms with van der Waals surface area (Å²) in [4.78, 5) is 26.5. The fourth-order valence-electron chi connectivity index (χ4n) is 2.11. The van der Waals surface area contributed by atoms with Crippen molar-refractivity contribution in [1.82, 2.24) is 15.1 Å². The van der Waals surface area contributed by atoms with Crippen molar-refractivity contribution in [3.05, 3.63) is 0 Å². The van der Waals surface area contributed by atoms with E-state index in [1.807, 2.05) is 7.05 Å². The highest BCUT2D eigenvalue weighted by molar-refractivity contribution is 5.76. The quantitative estimate of drug-likeness (QED) is 0.625. The largest absolute Gasteiger partial charge is 0.481 e. The number of nitrogens with zero attached hydrogens (tertiary/aromatic N) is 2. The van der Waals surface area contributed by atoms with Gasteiger partial charge in [-0.1, -0.05) is 0 Å². The average molecular weight is 303 g/mol. The van der Waals surface area contributed by atoms with Gasteiger partial charge in [0.25, 0.3) is 0 Å². The number of ether oxygens (including phenoxy) is 2. The molecule has 1 rings (SSSR count). The molecule has 21 heavy (non-hydrogen) atoms. The molecule has 2 amide bonds. The molecule has 0 radical (unpaired) electrons. The monoisotopic (exact) mass is 303 g/mol. The van der Waals surface area contributed by atoms with Gasteiger partial charge in [-0.3, -0.25) is 4.79 Å². The van der Waals surface area contributed by atoms with Crippen LogP contribution in [0.5, 0.6) is 0 Å². The number of methoxy groups -OCH3 is 1. The Labute approximate surface area is 125 Å². The van der Waals surface area contributed by atoms with Gasteiger partial charge in [-0.2, -0.15) is 0 Å². The van der Waals surface area contributed by atoms with Crippen LogP contribution in [0.3, 0.4) is 0 Å². The first kappa shape index (κ1) is 17.7. The Morgan fingerprint density at radius 3 is 2.90 bits per heavy atom. The maximum Gasteiger partial charge on any atom is 0.317 e. The Morgan fingerprint density at radius 1 is 1.48 bits per heavy atom. The maximum atomic E-state index is 12.1. The third-order valence-electron chi connectivity index (χ3n) is 3.35. The van der Waals surface area contributed by atoms with Crippen LogP contribution in [0.4, 0.5) is 4.79 Å². The van der Waals surface area contributed by atoms with Crippen molar-refractivity contribution in [3.8, 4) is 0 Å². The summed E-state index contributed by atoms with van der Waals surface area (Å²) < 4.78 is 10.2. The molecule has 1 fully saturated rings. The highest BCUT2D eigenvalue weighted by atomic mass is 16.5. The summed E-state index contributed by atoms with van der Waals surface area (Å²) in [5.41, 5.74) is 0. The van der Waals surface area contributed by atoms with E-state index in [1.54, 1.807) is 12.0 Å². The van der Waals surface area contributed by atoms with Gasteiger partial charge in [0, 0.05) is 33.3 Å². The molecule has 1 aliphatic rings. The van der Waals surface area contributed by atoms with Crippen LogP contribution in [-0.2, 0) is 14.3 Å². The van der Waals surface area contributed by atoms with E-state index in [2.05, 4.69) is 10.2 Å². The van der Waals surface area contributed by atoms with Gasteiger partial charge in [0.2, 0.25) is 0 Å². The Morgan fingerprint density at radius 2 is 2.24 bits per heavy atom. The van der Waals surface area contributed by atoms with Crippen LogP contribution >= 0.6 is 0 Å². The predicted molar refractivity (Wildman–Crippen MR) is 76.3 cm³/mol. The molecule has 1 atom stereocenters. The summed E-state index contributed by atoms with van der Waals surface area (Å²) in [6.07, 6.45) is -0.0961. The van der Waals surface area contributed by atoms with E-state index < -0.39 is 12.0 Å². The zero-order valence-electron chi connectivity index (χ0n) is 12.7. The average Bonchev–Trinajstić information content (AvgIpc) is 2.45. The number of nitrogens with one attached hydrogen (secondary N) is 1. The third kappa shape index (κ3) is 6.74. The van der Waals surface area contributed by atoms with E-state index >= 15 is 0 Å². The van der Waals surface area contributed by atoms with E-state index in [1.165, 1.54) is 0 Å². The highest BCUT2D eigenvalue weighted by Gasteiger charge is 2.28. The number of aliphatic carboxylic acids is 1. The first-order chi connectivity index (χ1) is 10.0. The smallest absolute Gasteiger partial charge is 0.317 e. The summed E-state index contributed by atoms with van der Waals surface area (Å²) >= 11 is 0. The molecule has 0 aromatic heterocycles. The Balaban J connectivity index is 2.33. The Kier molecular flexibility index (Phi) is 8.03. The van der Waals surface area contributed by atoms with Gasteiger partial charge in [0.15, 0.2) is 0 Å². The van der Waals surface area contributed by atoms with Gasteiger partial charge in [-0.25, -0.2) is 4.79 Å². The van der Waals surface area contributed by atoms with Crippen LogP contribution in [0.2, 0.25) is 0 Å². The van der Waals surface area contributed by atoms with Crippen LogP contribution in [0, 0.1) is 0 Å². The lowest BCUT2D eigenvalue weighted by Gasteiger charge is -2.34. The van der Waals surface area contributed by atoms with E-state index in [-0.39, 0.29) is 19.1 Å². The normalized spacial score (nSPS) is 18.8. The van der Waals surface area contributed by atoms with Crippen LogP contribution in [0.25, 0.3) is 0 Å². The highest BCUT2D eigenvalue weighted by Crippen LogP contribution is 2.10. The van der Waals surface area contributed by atoms with Gasteiger partial charge >= 0.3 is 12.0 Å². The number of morpholine rings is 1. The van der Waals surface area contributed by atoms with Crippen LogP contribution < -0.4 is 5.32 Å². The summed E-state index contributed by atoms with van der Waals surface area (Å²) in [5, 5.41) is 11.7. The number of hydrogen-bond acceptors (Lipinski definition) is 5. The van der Waals surface area contributed by atoms with Crippen LogP contribution in [-0.4, -0.2) is 93.1 Å². The molecule has 1 heterocycles. The molecule has 1 saturated heterocycles. The molecule has 0 aliphatic carbocycles. The zero-order valence-corrected chi connectivity index (χ0v) is 12.7. The van der Waals surface area contributed by atoms with Crippen molar-refractivity contribution in [2.75, 3.05) is 60.2 Å². The lowest BCUT2D eigenvalue weighted by Crippen LogP contribution is -2.53.